The van der Waals surface area contributed by atoms with Crippen LogP contribution in [0.15, 0.2) is 42.5 Å². The van der Waals surface area contributed by atoms with Crippen molar-refractivity contribution in [3.05, 3.63) is 58.1 Å². The van der Waals surface area contributed by atoms with Gasteiger partial charge in [-0.2, -0.15) is 0 Å². The van der Waals surface area contributed by atoms with Gasteiger partial charge in [0.2, 0.25) is 5.91 Å². The van der Waals surface area contributed by atoms with Gasteiger partial charge in [-0.25, -0.2) is 0 Å². The van der Waals surface area contributed by atoms with Gasteiger partial charge in [0, 0.05) is 5.69 Å². The van der Waals surface area contributed by atoms with Crippen molar-refractivity contribution in [2.24, 2.45) is 0 Å². The molecule has 0 aliphatic rings. The number of halogens is 2. The molecule has 0 aromatic heterocycles. The normalized spacial score (nSPS) is 10.6. The van der Waals surface area contributed by atoms with Crippen molar-refractivity contribution >= 4 is 40.5 Å². The lowest BCUT2D eigenvalue weighted by Crippen LogP contribution is -2.21. The van der Waals surface area contributed by atoms with E-state index in [-0.39, 0.29) is 12.5 Å². The van der Waals surface area contributed by atoms with E-state index in [4.69, 9.17) is 23.2 Å². The van der Waals surface area contributed by atoms with Gasteiger partial charge >= 0.3 is 0 Å². The summed E-state index contributed by atoms with van der Waals surface area (Å²) in [6.07, 6.45) is 0. The molecule has 3 nitrogen and oxygen atoms in total. The molecule has 0 atom stereocenters. The SMILES string of the molecule is CC(C)c1ccc(NCC(=O)Nc2cccc(Cl)c2Cl)cc1. The summed E-state index contributed by atoms with van der Waals surface area (Å²) in [5.74, 6) is 0.305. The van der Waals surface area contributed by atoms with Crippen LogP contribution in [0.5, 0.6) is 0 Å². The van der Waals surface area contributed by atoms with E-state index in [1.165, 1.54) is 5.56 Å². The number of anilines is 2. The molecule has 0 unspecified atom stereocenters. The fraction of sp³-hybridized carbons (Fsp3) is 0.235. The first kappa shape index (κ1) is 16.7. The summed E-state index contributed by atoms with van der Waals surface area (Å²) in [5.41, 5.74) is 2.67. The maximum absolute atomic E-state index is 11.9. The molecular weight excluding hydrogens is 319 g/mol. The maximum atomic E-state index is 11.9. The molecule has 116 valence electrons. The molecule has 0 aliphatic heterocycles. The Morgan fingerprint density at radius 1 is 1.09 bits per heavy atom. The number of hydrogen-bond acceptors (Lipinski definition) is 2. The van der Waals surface area contributed by atoms with Crippen LogP contribution >= 0.6 is 23.2 Å². The molecule has 0 saturated carbocycles. The minimum atomic E-state index is -0.183. The lowest BCUT2D eigenvalue weighted by Gasteiger charge is -2.11. The third-order valence-electron chi connectivity index (χ3n) is 3.26. The number of amides is 1. The predicted octanol–water partition coefficient (Wildman–Crippen LogP) is 5.17. The second-order valence-corrected chi connectivity index (χ2v) is 6.06. The number of nitrogens with one attached hydrogen (secondary N) is 2. The van der Waals surface area contributed by atoms with Gasteiger partial charge in [-0.15, -0.1) is 0 Å². The highest BCUT2D eigenvalue weighted by molar-refractivity contribution is 6.44. The number of benzene rings is 2. The van der Waals surface area contributed by atoms with Gasteiger partial charge in [-0.3, -0.25) is 4.79 Å². The predicted molar refractivity (Wildman–Crippen MR) is 94.1 cm³/mol. The summed E-state index contributed by atoms with van der Waals surface area (Å²) >= 11 is 11.9. The van der Waals surface area contributed by atoms with Gasteiger partial charge in [0.25, 0.3) is 0 Å². The van der Waals surface area contributed by atoms with Crippen LogP contribution in [0.4, 0.5) is 11.4 Å². The van der Waals surface area contributed by atoms with Crippen molar-refractivity contribution in [3.63, 3.8) is 0 Å². The molecule has 2 N–H and O–H groups in total. The molecular formula is C17H18Cl2N2O. The Hall–Kier alpha value is -1.71. The van der Waals surface area contributed by atoms with E-state index in [0.717, 1.165) is 5.69 Å². The smallest absolute Gasteiger partial charge is 0.243 e. The Morgan fingerprint density at radius 3 is 2.41 bits per heavy atom. The Kier molecular flexibility index (Phi) is 5.69. The van der Waals surface area contributed by atoms with Crippen molar-refractivity contribution in [1.82, 2.24) is 0 Å². The lowest BCUT2D eigenvalue weighted by molar-refractivity contribution is -0.114. The Bertz CT molecular complexity index is 654. The van der Waals surface area contributed by atoms with Crippen LogP contribution in [0, 0.1) is 0 Å². The highest BCUT2D eigenvalue weighted by Gasteiger charge is 2.08. The van der Waals surface area contributed by atoms with Gasteiger partial charge in [-0.05, 0) is 35.7 Å². The first-order valence-corrected chi connectivity index (χ1v) is 7.80. The van der Waals surface area contributed by atoms with Crippen LogP contribution < -0.4 is 10.6 Å². The molecule has 2 aromatic rings. The van der Waals surface area contributed by atoms with Crippen LogP contribution in [0.3, 0.4) is 0 Å². The first-order valence-electron chi connectivity index (χ1n) is 7.05. The molecule has 0 heterocycles. The highest BCUT2D eigenvalue weighted by atomic mass is 35.5. The van der Waals surface area contributed by atoms with Crippen molar-refractivity contribution < 1.29 is 4.79 Å². The van der Waals surface area contributed by atoms with Gasteiger partial charge in [0.15, 0.2) is 0 Å². The second kappa shape index (κ2) is 7.52. The van der Waals surface area contributed by atoms with Crippen LogP contribution in [-0.4, -0.2) is 12.5 Å². The summed E-state index contributed by atoms with van der Waals surface area (Å²) in [7, 11) is 0. The van der Waals surface area contributed by atoms with E-state index in [2.05, 4.69) is 36.6 Å². The largest absolute Gasteiger partial charge is 0.376 e. The van der Waals surface area contributed by atoms with Crippen molar-refractivity contribution in [2.45, 2.75) is 19.8 Å². The Morgan fingerprint density at radius 2 is 1.77 bits per heavy atom. The molecule has 0 radical (unpaired) electrons. The summed E-state index contributed by atoms with van der Waals surface area (Å²) in [5, 5.41) is 6.57. The quantitative estimate of drug-likeness (QED) is 0.790. The van der Waals surface area contributed by atoms with Crippen LogP contribution in [-0.2, 0) is 4.79 Å². The zero-order chi connectivity index (χ0) is 16.1. The van der Waals surface area contributed by atoms with Gasteiger partial charge in [-0.1, -0.05) is 55.2 Å². The maximum Gasteiger partial charge on any atom is 0.243 e. The minimum absolute atomic E-state index is 0.157. The third-order valence-corrected chi connectivity index (χ3v) is 4.08. The fourth-order valence-corrected chi connectivity index (χ4v) is 2.31. The van der Waals surface area contributed by atoms with E-state index >= 15 is 0 Å². The summed E-state index contributed by atoms with van der Waals surface area (Å²) in [4.78, 5) is 11.9. The molecule has 0 saturated heterocycles. The van der Waals surface area contributed by atoms with Crippen LogP contribution in [0.2, 0.25) is 10.0 Å². The van der Waals surface area contributed by atoms with Gasteiger partial charge in [0.05, 0.1) is 22.3 Å². The third kappa shape index (κ3) is 4.39. The van der Waals surface area contributed by atoms with Crippen molar-refractivity contribution in [1.29, 1.82) is 0 Å². The van der Waals surface area contributed by atoms with E-state index in [9.17, 15) is 4.79 Å². The molecule has 5 heteroatoms. The zero-order valence-corrected chi connectivity index (χ0v) is 14.0. The number of carbonyl (C=O) groups excluding carboxylic acids is 1. The Labute approximate surface area is 140 Å². The molecule has 0 aliphatic carbocycles. The van der Waals surface area contributed by atoms with Crippen molar-refractivity contribution in [2.75, 3.05) is 17.2 Å². The first-order chi connectivity index (χ1) is 10.5. The molecule has 1 amide bonds. The van der Waals surface area contributed by atoms with Crippen LogP contribution in [0.25, 0.3) is 0 Å². The summed E-state index contributed by atoms with van der Waals surface area (Å²) < 4.78 is 0. The second-order valence-electron chi connectivity index (χ2n) is 5.28. The summed E-state index contributed by atoms with van der Waals surface area (Å²) in [6.45, 7) is 4.44. The number of rotatable bonds is 5. The standard InChI is InChI=1S/C17H18Cl2N2O/c1-11(2)12-6-8-13(9-7-12)20-10-16(22)21-15-5-3-4-14(18)17(15)19/h3-9,11,20H,10H2,1-2H3,(H,21,22). The number of carbonyl (C=O) groups is 1. The molecule has 0 spiro atoms. The van der Waals surface area contributed by atoms with Crippen molar-refractivity contribution in [3.8, 4) is 0 Å². The van der Waals surface area contributed by atoms with E-state index in [1.54, 1.807) is 18.2 Å². The molecule has 22 heavy (non-hydrogen) atoms. The molecule has 0 bridgehead atoms. The topological polar surface area (TPSA) is 41.1 Å². The molecule has 2 aromatic carbocycles. The average Bonchev–Trinajstić information content (AvgIpc) is 2.50. The monoisotopic (exact) mass is 336 g/mol. The van der Waals surface area contributed by atoms with E-state index in [1.807, 2.05) is 12.1 Å². The Balaban J connectivity index is 1.91. The van der Waals surface area contributed by atoms with Crippen LogP contribution in [0.1, 0.15) is 25.3 Å². The lowest BCUT2D eigenvalue weighted by atomic mass is 10.0. The molecule has 2 rings (SSSR count). The highest BCUT2D eigenvalue weighted by Crippen LogP contribution is 2.29. The zero-order valence-electron chi connectivity index (χ0n) is 12.5. The fourth-order valence-electron chi connectivity index (χ4n) is 1.96. The van der Waals surface area contributed by atoms with E-state index < -0.39 is 0 Å². The molecule has 0 fully saturated rings. The number of hydrogen-bond donors (Lipinski definition) is 2. The van der Waals surface area contributed by atoms with E-state index in [0.29, 0.717) is 21.7 Å². The minimum Gasteiger partial charge on any atom is -0.376 e. The average molecular weight is 337 g/mol. The van der Waals surface area contributed by atoms with Gasteiger partial charge < -0.3 is 10.6 Å². The summed E-state index contributed by atoms with van der Waals surface area (Å²) in [6, 6.07) is 13.2. The van der Waals surface area contributed by atoms with Gasteiger partial charge in [0.1, 0.15) is 0 Å².